The summed E-state index contributed by atoms with van der Waals surface area (Å²) in [5.41, 5.74) is 0.620. The molecule has 1 atom stereocenters. The minimum Gasteiger partial charge on any atom is -0.380 e. The number of halogens is 1. The molecule has 2 aromatic rings. The maximum absolute atomic E-state index is 13.0. The van der Waals surface area contributed by atoms with E-state index in [4.69, 9.17) is 11.6 Å². The molecule has 3 heterocycles. The first-order chi connectivity index (χ1) is 17.2. The second-order valence-corrected chi connectivity index (χ2v) is 11.2. The number of benzene rings is 2. The average Bonchev–Trinajstić information content (AvgIpc) is 2.84. The van der Waals surface area contributed by atoms with Crippen molar-refractivity contribution in [2.24, 2.45) is 5.92 Å². The quantitative estimate of drug-likeness (QED) is 0.622. The van der Waals surface area contributed by atoms with Gasteiger partial charge in [-0.3, -0.25) is 14.5 Å². The first-order valence-electron chi connectivity index (χ1n) is 12.9. The molecule has 0 unspecified atom stereocenters. The van der Waals surface area contributed by atoms with Crippen molar-refractivity contribution in [3.63, 3.8) is 0 Å². The molecule has 36 heavy (non-hydrogen) atoms. The highest BCUT2D eigenvalue weighted by atomic mass is 35.5. The van der Waals surface area contributed by atoms with Crippen molar-refractivity contribution in [3.05, 3.63) is 64.7 Å². The average molecular weight is 511 g/mol. The Balaban J connectivity index is 1.08. The molecular weight excluding hydrogens is 476 g/mol. The van der Waals surface area contributed by atoms with Gasteiger partial charge in [-0.1, -0.05) is 48.9 Å². The van der Waals surface area contributed by atoms with Gasteiger partial charge in [0, 0.05) is 51.0 Å². The van der Waals surface area contributed by atoms with Gasteiger partial charge in [0.25, 0.3) is 11.8 Å². The van der Waals surface area contributed by atoms with Gasteiger partial charge in [-0.15, -0.1) is 0 Å². The molecule has 0 aliphatic carbocycles. The molecular formula is C28H35ClN4O3. The van der Waals surface area contributed by atoms with Crippen LogP contribution in [0.15, 0.2) is 48.5 Å². The minimum absolute atomic E-state index is 0.00887. The number of likely N-dealkylation sites (tertiary alicyclic amines) is 3. The Labute approximate surface area is 218 Å². The van der Waals surface area contributed by atoms with Crippen molar-refractivity contribution < 1.29 is 14.7 Å². The van der Waals surface area contributed by atoms with Crippen LogP contribution in [0.5, 0.6) is 0 Å². The Kier molecular flexibility index (Phi) is 6.99. The summed E-state index contributed by atoms with van der Waals surface area (Å²) in [7, 11) is 0. The van der Waals surface area contributed by atoms with E-state index in [2.05, 4.69) is 17.1 Å². The van der Waals surface area contributed by atoms with E-state index >= 15 is 0 Å². The Bertz CT molecular complexity index is 1110. The van der Waals surface area contributed by atoms with E-state index in [1.54, 1.807) is 24.0 Å². The molecule has 3 fully saturated rings. The number of nitrogens with one attached hydrogen (secondary N) is 1. The Morgan fingerprint density at radius 1 is 1.00 bits per heavy atom. The Morgan fingerprint density at radius 3 is 2.28 bits per heavy atom. The van der Waals surface area contributed by atoms with E-state index in [1.165, 1.54) is 0 Å². The van der Waals surface area contributed by atoms with Crippen LogP contribution in [0.1, 0.15) is 42.6 Å². The maximum atomic E-state index is 13.0. The van der Waals surface area contributed by atoms with Crippen molar-refractivity contribution in [1.82, 2.24) is 14.7 Å². The highest BCUT2D eigenvalue weighted by Crippen LogP contribution is 2.30. The van der Waals surface area contributed by atoms with Gasteiger partial charge in [-0.2, -0.15) is 0 Å². The number of carbonyl (C=O) groups is 2. The van der Waals surface area contributed by atoms with Crippen LogP contribution in [0, 0.1) is 5.92 Å². The van der Waals surface area contributed by atoms with E-state index in [0.717, 1.165) is 44.7 Å². The summed E-state index contributed by atoms with van der Waals surface area (Å²) in [5.74, 6) is 0.347. The van der Waals surface area contributed by atoms with Crippen LogP contribution < -0.4 is 5.32 Å². The zero-order chi connectivity index (χ0) is 25.4. The van der Waals surface area contributed by atoms with Gasteiger partial charge in [0.2, 0.25) is 0 Å². The fourth-order valence-corrected chi connectivity index (χ4v) is 5.84. The van der Waals surface area contributed by atoms with E-state index in [-0.39, 0.29) is 11.8 Å². The monoisotopic (exact) mass is 510 g/mol. The molecule has 3 saturated heterocycles. The van der Waals surface area contributed by atoms with Crippen LogP contribution in [0.4, 0.5) is 5.69 Å². The van der Waals surface area contributed by atoms with Crippen LogP contribution >= 0.6 is 11.6 Å². The van der Waals surface area contributed by atoms with Crippen LogP contribution in [0.25, 0.3) is 0 Å². The number of anilines is 1. The normalized spacial score (nSPS) is 21.4. The third-order valence-electron chi connectivity index (χ3n) is 7.85. The van der Waals surface area contributed by atoms with E-state index in [9.17, 15) is 14.7 Å². The van der Waals surface area contributed by atoms with Crippen LogP contribution in [-0.2, 0) is 10.4 Å². The summed E-state index contributed by atoms with van der Waals surface area (Å²) in [6.07, 6.45) is 1.81. The molecule has 5 rings (SSSR count). The van der Waals surface area contributed by atoms with E-state index < -0.39 is 5.60 Å². The number of hydrogen-bond donors (Lipinski definition) is 2. The fourth-order valence-electron chi connectivity index (χ4n) is 5.58. The predicted octanol–water partition coefficient (Wildman–Crippen LogP) is 3.43. The summed E-state index contributed by atoms with van der Waals surface area (Å²) < 4.78 is 0. The van der Waals surface area contributed by atoms with Gasteiger partial charge < -0.3 is 20.2 Å². The minimum atomic E-state index is -1.50. The van der Waals surface area contributed by atoms with Crippen molar-refractivity contribution in [3.8, 4) is 0 Å². The van der Waals surface area contributed by atoms with Gasteiger partial charge >= 0.3 is 0 Å². The lowest BCUT2D eigenvalue weighted by atomic mass is 9.92. The van der Waals surface area contributed by atoms with Crippen LogP contribution in [0.3, 0.4) is 0 Å². The molecule has 3 aliphatic heterocycles. The summed E-state index contributed by atoms with van der Waals surface area (Å²) in [4.78, 5) is 31.7. The number of carbonyl (C=O) groups excluding carboxylic acids is 2. The van der Waals surface area contributed by atoms with Crippen molar-refractivity contribution >= 4 is 29.1 Å². The zero-order valence-electron chi connectivity index (χ0n) is 21.0. The lowest BCUT2D eigenvalue weighted by Gasteiger charge is -2.48. The molecule has 2 N–H and O–H groups in total. The second-order valence-electron chi connectivity index (χ2n) is 10.8. The smallest absolute Gasteiger partial charge is 0.258 e. The molecule has 2 amide bonds. The van der Waals surface area contributed by atoms with Crippen molar-refractivity contribution in [1.29, 1.82) is 0 Å². The number of hydrogen-bond acceptors (Lipinski definition) is 5. The molecule has 0 bridgehead atoms. The summed E-state index contributed by atoms with van der Waals surface area (Å²) in [6, 6.07) is 15.5. The molecule has 0 spiro atoms. The highest BCUT2D eigenvalue weighted by Gasteiger charge is 2.40. The zero-order valence-corrected chi connectivity index (χ0v) is 21.7. The lowest BCUT2D eigenvalue weighted by molar-refractivity contribution is -0.152. The number of nitrogens with zero attached hydrogens (tertiary/aromatic N) is 3. The van der Waals surface area contributed by atoms with Gasteiger partial charge in [0.15, 0.2) is 5.60 Å². The molecule has 0 aromatic heterocycles. The number of amides is 2. The van der Waals surface area contributed by atoms with E-state index in [1.807, 2.05) is 41.3 Å². The van der Waals surface area contributed by atoms with E-state index in [0.29, 0.717) is 47.2 Å². The number of rotatable bonds is 6. The fraction of sp³-hybridized carbons (Fsp3) is 0.500. The molecule has 2 aromatic carbocycles. The standard InChI is InChI=1S/C28H35ClN4O3/c1-19-15-33(16-19)26(34)24-9-8-21(14-25(24)29)30-22-17-32(18-22)23-10-12-31(13-11-23)27(35)28(2,36)20-6-4-3-5-7-20/h3-9,14,19,22-23,30,36H,10-13,15-18H2,1-2H3/t28-/m0/s1. The Hall–Kier alpha value is -2.61. The molecule has 8 heteroatoms. The van der Waals surface area contributed by atoms with Crippen LogP contribution in [0.2, 0.25) is 5.02 Å². The molecule has 3 aliphatic rings. The van der Waals surface area contributed by atoms with Gasteiger partial charge in [-0.25, -0.2) is 0 Å². The molecule has 7 nitrogen and oxygen atoms in total. The van der Waals surface area contributed by atoms with Crippen LogP contribution in [-0.4, -0.2) is 83.0 Å². The first-order valence-corrected chi connectivity index (χ1v) is 13.3. The van der Waals surface area contributed by atoms with Crippen molar-refractivity contribution in [2.45, 2.75) is 44.4 Å². The third kappa shape index (κ3) is 4.97. The van der Waals surface area contributed by atoms with Gasteiger partial charge in [-0.05, 0) is 49.4 Å². The molecule has 192 valence electrons. The SMILES string of the molecule is CC1CN(C(=O)c2ccc(NC3CN(C4CCN(C(=O)[C@@](C)(O)c5ccccc5)CC4)C3)cc2Cl)C1. The third-order valence-corrected chi connectivity index (χ3v) is 8.16. The molecule has 0 saturated carbocycles. The Morgan fingerprint density at radius 2 is 1.67 bits per heavy atom. The van der Waals surface area contributed by atoms with Gasteiger partial charge in [0.1, 0.15) is 0 Å². The summed E-state index contributed by atoms with van der Waals surface area (Å²) in [6.45, 7) is 8.50. The number of piperidine rings is 1. The largest absolute Gasteiger partial charge is 0.380 e. The highest BCUT2D eigenvalue weighted by molar-refractivity contribution is 6.34. The predicted molar refractivity (Wildman–Crippen MR) is 141 cm³/mol. The summed E-state index contributed by atoms with van der Waals surface area (Å²) in [5, 5.41) is 14.9. The lowest BCUT2D eigenvalue weighted by Crippen LogP contribution is -2.61. The summed E-state index contributed by atoms with van der Waals surface area (Å²) >= 11 is 6.44. The van der Waals surface area contributed by atoms with Crippen molar-refractivity contribution in [2.75, 3.05) is 44.6 Å². The maximum Gasteiger partial charge on any atom is 0.258 e. The van der Waals surface area contributed by atoms with Gasteiger partial charge in [0.05, 0.1) is 16.6 Å². The molecule has 0 radical (unpaired) electrons. The first kappa shape index (κ1) is 25.1. The topological polar surface area (TPSA) is 76.1 Å². The number of aliphatic hydroxyl groups is 1. The second kappa shape index (κ2) is 10.0.